The third kappa shape index (κ3) is 5.27. The van der Waals surface area contributed by atoms with Crippen LogP contribution in [0, 0.1) is 0 Å². The van der Waals surface area contributed by atoms with Gasteiger partial charge in [0, 0.05) is 16.6 Å². The predicted octanol–water partition coefficient (Wildman–Crippen LogP) is 4.44. The second kappa shape index (κ2) is 10.1. The number of hydrogen-bond acceptors (Lipinski definition) is 8. The molecule has 9 heteroatoms. The summed E-state index contributed by atoms with van der Waals surface area (Å²) in [7, 11) is 0. The Morgan fingerprint density at radius 2 is 2.00 bits per heavy atom. The average Bonchev–Trinajstić information content (AvgIpc) is 3.28. The summed E-state index contributed by atoms with van der Waals surface area (Å²) in [6.07, 6.45) is 0. The standard InChI is InChI=1S/C24H22N4O4S/c1-3-31-24(30)21-15(2)26-19-9-4-5-10-20(19)27-22(21)28-23(29)16-7-6-8-18(11-16)32-12-17-13-33-14-25-17/h4-11,13-14,26H,3,12H2,1-2H3,(H,27,28,29). The Morgan fingerprint density at radius 3 is 2.79 bits per heavy atom. The second-order valence-corrected chi connectivity index (χ2v) is 7.79. The van der Waals surface area contributed by atoms with Gasteiger partial charge in [0.25, 0.3) is 5.91 Å². The van der Waals surface area contributed by atoms with E-state index in [1.165, 1.54) is 11.3 Å². The van der Waals surface area contributed by atoms with Gasteiger partial charge >= 0.3 is 5.97 Å². The summed E-state index contributed by atoms with van der Waals surface area (Å²) in [5.74, 6) is -0.360. The van der Waals surface area contributed by atoms with Gasteiger partial charge in [0.05, 0.1) is 29.2 Å². The van der Waals surface area contributed by atoms with E-state index in [1.807, 2.05) is 23.6 Å². The summed E-state index contributed by atoms with van der Waals surface area (Å²) in [6, 6.07) is 14.1. The minimum absolute atomic E-state index is 0.113. The first-order chi connectivity index (χ1) is 16.0. The van der Waals surface area contributed by atoms with E-state index in [2.05, 4.69) is 20.6 Å². The number of carbonyl (C=O) groups excluding carboxylic acids is 2. The molecule has 2 heterocycles. The van der Waals surface area contributed by atoms with Crippen LogP contribution >= 0.6 is 11.3 Å². The van der Waals surface area contributed by atoms with E-state index >= 15 is 0 Å². The van der Waals surface area contributed by atoms with Crippen molar-refractivity contribution < 1.29 is 19.1 Å². The van der Waals surface area contributed by atoms with E-state index in [-0.39, 0.29) is 18.0 Å². The molecule has 33 heavy (non-hydrogen) atoms. The molecule has 0 radical (unpaired) electrons. The summed E-state index contributed by atoms with van der Waals surface area (Å²) in [4.78, 5) is 34.6. The van der Waals surface area contributed by atoms with Gasteiger partial charge in [-0.3, -0.25) is 4.79 Å². The molecule has 0 aliphatic carbocycles. The molecule has 2 aromatic carbocycles. The van der Waals surface area contributed by atoms with Crippen LogP contribution in [0.2, 0.25) is 0 Å². The van der Waals surface area contributed by atoms with Gasteiger partial charge in [0.1, 0.15) is 23.8 Å². The normalized spacial score (nSPS) is 12.7. The summed E-state index contributed by atoms with van der Waals surface area (Å²) < 4.78 is 11.0. The zero-order valence-electron chi connectivity index (χ0n) is 18.1. The summed E-state index contributed by atoms with van der Waals surface area (Å²) in [6.45, 7) is 3.96. The van der Waals surface area contributed by atoms with Crippen LogP contribution in [0.5, 0.6) is 5.75 Å². The molecular formula is C24H22N4O4S. The van der Waals surface area contributed by atoms with Crippen LogP contribution in [0.3, 0.4) is 0 Å². The fourth-order valence-electron chi connectivity index (χ4n) is 3.21. The number of carbonyl (C=O) groups is 2. The highest BCUT2D eigenvalue weighted by Crippen LogP contribution is 2.30. The highest BCUT2D eigenvalue weighted by atomic mass is 32.1. The van der Waals surface area contributed by atoms with Crippen LogP contribution in [-0.4, -0.2) is 29.3 Å². The SMILES string of the molecule is CCOC(=O)C1=C(C)Nc2ccccc2N=C1NC(=O)c1cccc(OCc2cscn2)c1. The molecule has 0 saturated carbocycles. The Morgan fingerprint density at radius 1 is 1.15 bits per heavy atom. The lowest BCUT2D eigenvalue weighted by Gasteiger charge is -2.13. The number of amidine groups is 1. The maximum atomic E-state index is 13.1. The number of ether oxygens (including phenoxy) is 2. The van der Waals surface area contributed by atoms with E-state index in [1.54, 1.807) is 49.7 Å². The Hall–Kier alpha value is -3.98. The third-order valence-corrected chi connectivity index (χ3v) is 5.38. The number of amides is 1. The number of nitrogens with zero attached hydrogens (tertiary/aromatic N) is 2. The van der Waals surface area contributed by atoms with Gasteiger partial charge in [-0.1, -0.05) is 18.2 Å². The minimum Gasteiger partial charge on any atom is -0.487 e. The lowest BCUT2D eigenvalue weighted by molar-refractivity contribution is -0.137. The van der Waals surface area contributed by atoms with Crippen molar-refractivity contribution in [3.8, 4) is 5.75 Å². The molecule has 0 saturated heterocycles. The lowest BCUT2D eigenvalue weighted by Crippen LogP contribution is -2.35. The van der Waals surface area contributed by atoms with Crippen LogP contribution in [-0.2, 0) is 16.1 Å². The molecule has 0 spiro atoms. The molecule has 1 aromatic heterocycles. The summed E-state index contributed by atoms with van der Waals surface area (Å²) >= 11 is 1.49. The molecular weight excluding hydrogens is 440 g/mol. The van der Waals surface area contributed by atoms with Gasteiger partial charge in [-0.25, -0.2) is 14.8 Å². The first-order valence-corrected chi connectivity index (χ1v) is 11.2. The molecule has 8 nitrogen and oxygen atoms in total. The highest BCUT2D eigenvalue weighted by Gasteiger charge is 2.26. The van der Waals surface area contributed by atoms with E-state index in [4.69, 9.17) is 9.47 Å². The number of allylic oxidation sites excluding steroid dienone is 1. The molecule has 3 aromatic rings. The number of rotatable bonds is 6. The summed E-state index contributed by atoms with van der Waals surface area (Å²) in [5.41, 5.74) is 4.91. The topological polar surface area (TPSA) is 102 Å². The number of nitrogens with one attached hydrogen (secondary N) is 2. The first kappa shape index (κ1) is 22.2. The molecule has 4 rings (SSSR count). The monoisotopic (exact) mass is 462 g/mol. The number of aliphatic imine (C=N–C) groups is 1. The molecule has 0 unspecified atom stereocenters. The Balaban J connectivity index is 1.60. The van der Waals surface area contributed by atoms with Gasteiger partial charge in [0.15, 0.2) is 0 Å². The Kier molecular flexibility index (Phi) is 6.80. The third-order valence-electron chi connectivity index (χ3n) is 4.75. The zero-order valence-corrected chi connectivity index (χ0v) is 18.9. The quantitative estimate of drug-likeness (QED) is 0.525. The molecule has 1 amide bonds. The van der Waals surface area contributed by atoms with Crippen LogP contribution in [0.15, 0.2) is 75.7 Å². The maximum absolute atomic E-state index is 13.1. The molecule has 0 bridgehead atoms. The fourth-order valence-corrected chi connectivity index (χ4v) is 3.75. The number of para-hydroxylation sites is 2. The van der Waals surface area contributed by atoms with Gasteiger partial charge in [-0.15, -0.1) is 11.3 Å². The van der Waals surface area contributed by atoms with Crippen LogP contribution in [0.25, 0.3) is 0 Å². The minimum atomic E-state index is -0.574. The van der Waals surface area contributed by atoms with Crippen molar-refractivity contribution in [2.45, 2.75) is 20.5 Å². The molecule has 0 atom stereocenters. The largest absolute Gasteiger partial charge is 0.487 e. The molecule has 1 aliphatic rings. The number of fused-ring (bicyclic) bond motifs is 1. The van der Waals surface area contributed by atoms with Gasteiger partial charge in [-0.05, 0) is 44.2 Å². The number of aromatic nitrogens is 1. The number of esters is 1. The van der Waals surface area contributed by atoms with E-state index in [9.17, 15) is 9.59 Å². The van der Waals surface area contributed by atoms with Crippen molar-refractivity contribution >= 4 is 40.4 Å². The van der Waals surface area contributed by atoms with E-state index in [0.717, 1.165) is 11.4 Å². The van der Waals surface area contributed by atoms with Gasteiger partial charge < -0.3 is 20.1 Å². The lowest BCUT2D eigenvalue weighted by atomic mass is 10.1. The summed E-state index contributed by atoms with van der Waals surface area (Å²) in [5, 5.41) is 7.86. The number of hydrogen-bond donors (Lipinski definition) is 2. The molecule has 2 N–H and O–H groups in total. The molecule has 168 valence electrons. The molecule has 1 aliphatic heterocycles. The van der Waals surface area contributed by atoms with Crippen LogP contribution < -0.4 is 15.4 Å². The van der Waals surface area contributed by atoms with Gasteiger partial charge in [-0.2, -0.15) is 0 Å². The van der Waals surface area contributed by atoms with Crippen molar-refractivity contribution in [1.82, 2.24) is 10.3 Å². The van der Waals surface area contributed by atoms with Crippen molar-refractivity contribution in [3.63, 3.8) is 0 Å². The maximum Gasteiger partial charge on any atom is 0.343 e. The average molecular weight is 463 g/mol. The second-order valence-electron chi connectivity index (χ2n) is 7.07. The van der Waals surface area contributed by atoms with Gasteiger partial charge in [0.2, 0.25) is 0 Å². The Labute approximate surface area is 195 Å². The highest BCUT2D eigenvalue weighted by molar-refractivity contribution is 7.07. The van der Waals surface area contributed by atoms with Crippen LogP contribution in [0.1, 0.15) is 29.9 Å². The molecule has 0 fully saturated rings. The van der Waals surface area contributed by atoms with Crippen molar-refractivity contribution in [2.24, 2.45) is 4.99 Å². The fraction of sp³-hybridized carbons (Fsp3) is 0.167. The number of anilines is 1. The van der Waals surface area contributed by atoms with E-state index < -0.39 is 11.9 Å². The smallest absolute Gasteiger partial charge is 0.343 e. The van der Waals surface area contributed by atoms with E-state index in [0.29, 0.717) is 29.3 Å². The number of thiazole rings is 1. The number of benzene rings is 2. The van der Waals surface area contributed by atoms with Crippen molar-refractivity contribution in [3.05, 3.63) is 81.9 Å². The zero-order chi connectivity index (χ0) is 23.2. The predicted molar refractivity (Wildman–Crippen MR) is 127 cm³/mol. The Bertz CT molecular complexity index is 1230. The first-order valence-electron chi connectivity index (χ1n) is 10.3. The van der Waals surface area contributed by atoms with Crippen molar-refractivity contribution in [1.29, 1.82) is 0 Å². The van der Waals surface area contributed by atoms with Crippen molar-refractivity contribution in [2.75, 3.05) is 11.9 Å². The van der Waals surface area contributed by atoms with Crippen LogP contribution in [0.4, 0.5) is 11.4 Å².